The van der Waals surface area contributed by atoms with E-state index >= 15 is 0 Å². The van der Waals surface area contributed by atoms with Gasteiger partial charge in [0.15, 0.2) is 11.4 Å². The van der Waals surface area contributed by atoms with Gasteiger partial charge in [0.25, 0.3) is 5.91 Å². The van der Waals surface area contributed by atoms with Crippen molar-refractivity contribution < 1.29 is 44.7 Å². The third kappa shape index (κ3) is 3.90. The van der Waals surface area contributed by atoms with Gasteiger partial charge in [-0.15, -0.1) is 0 Å². The molecule has 0 heterocycles. The second kappa shape index (κ2) is 9.68. The summed E-state index contributed by atoms with van der Waals surface area (Å²) in [6, 6.07) is 1.52. The minimum Gasteiger partial charge on any atom is -0.508 e. The maximum absolute atomic E-state index is 14.0. The van der Waals surface area contributed by atoms with E-state index in [2.05, 4.69) is 21.2 Å². The van der Waals surface area contributed by atoms with Crippen molar-refractivity contribution in [2.24, 2.45) is 17.6 Å². The second-order valence-electron chi connectivity index (χ2n) is 11.0. The predicted molar refractivity (Wildman–Crippen MR) is 147 cm³/mol. The number of carbonyl (C=O) groups excluding carboxylic acids is 4. The fourth-order valence-corrected chi connectivity index (χ4v) is 6.23. The predicted octanol–water partition coefficient (Wildman–Crippen LogP) is 0.998. The van der Waals surface area contributed by atoms with Crippen LogP contribution in [-0.4, -0.2) is 90.0 Å². The summed E-state index contributed by atoms with van der Waals surface area (Å²) in [6.45, 7) is 5.05. The summed E-state index contributed by atoms with van der Waals surface area (Å²) in [6.07, 6.45) is -1.26. The Kier molecular flexibility index (Phi) is 7.19. The summed E-state index contributed by atoms with van der Waals surface area (Å²) in [5.41, 5.74) is 0.895. The van der Waals surface area contributed by atoms with Gasteiger partial charge in [-0.2, -0.15) is 0 Å². The van der Waals surface area contributed by atoms with Crippen LogP contribution >= 0.6 is 15.9 Å². The Morgan fingerprint density at radius 2 is 1.80 bits per heavy atom. The third-order valence-corrected chi connectivity index (χ3v) is 9.44. The molecule has 1 aromatic carbocycles. The van der Waals surface area contributed by atoms with Crippen LogP contribution in [0.1, 0.15) is 44.2 Å². The molecule has 12 nitrogen and oxygen atoms in total. The van der Waals surface area contributed by atoms with Gasteiger partial charge in [-0.3, -0.25) is 24.1 Å². The highest BCUT2D eigenvalue weighted by molar-refractivity contribution is 9.10. The molecule has 3 aliphatic carbocycles. The number of nitrogens with one attached hydrogen (secondary N) is 1. The molecule has 0 aromatic heterocycles. The first kappa shape index (κ1) is 29.7. The van der Waals surface area contributed by atoms with Crippen molar-refractivity contribution in [1.29, 1.82) is 0 Å². The zero-order valence-electron chi connectivity index (χ0n) is 22.5. The number of aliphatic hydroxyl groups is 4. The first-order valence-electron chi connectivity index (χ1n) is 12.6. The van der Waals surface area contributed by atoms with Gasteiger partial charge < -0.3 is 36.6 Å². The molecule has 0 bridgehead atoms. The number of hydrogen-bond donors (Lipinski definition) is 7. The highest BCUT2D eigenvalue weighted by atomic mass is 79.9. The Morgan fingerprint density at radius 3 is 2.33 bits per heavy atom. The van der Waals surface area contributed by atoms with E-state index in [1.165, 1.54) is 31.1 Å². The van der Waals surface area contributed by atoms with E-state index in [0.29, 0.717) is 12.0 Å². The van der Waals surface area contributed by atoms with E-state index in [-0.39, 0.29) is 11.3 Å². The van der Waals surface area contributed by atoms with Crippen LogP contribution in [0.15, 0.2) is 29.0 Å². The SMILES string of the molecule is CCC(C)(Br)C(=O)Nc1ccc2c(c1O)C(O)=C1C(=O)C3(O)C(O)=C(C(N)=O)C(=O)[C@@H](N(C)C)C3C(O)C1C2C. The molecule has 1 saturated carbocycles. The number of phenols is 1. The minimum absolute atomic E-state index is 0.0595. The van der Waals surface area contributed by atoms with Crippen molar-refractivity contribution in [1.82, 2.24) is 4.90 Å². The van der Waals surface area contributed by atoms with Crippen molar-refractivity contribution in [2.45, 2.75) is 55.2 Å². The highest BCUT2D eigenvalue weighted by Crippen LogP contribution is 2.56. The number of aliphatic hydroxyl groups excluding tert-OH is 3. The Bertz CT molecular complexity index is 1420. The fourth-order valence-electron chi connectivity index (χ4n) is 6.13. The standard InChI is InChI=1S/C27H32BrN3O9/c1-6-26(3,28)25(39)30-11-8-7-10-9(2)12-14(19(33)13(10)18(11)32)22(36)27(40)16(20(12)34)17(31(4)5)21(35)15(23(27)37)24(29)38/h7-9,12,16-17,20,32-34,37,40H,6H2,1-5H3,(H2,29,38)(H,30,39)/t9?,12?,16?,17-,20?,26?,27?/m0/s1. The van der Waals surface area contributed by atoms with Crippen LogP contribution in [0, 0.1) is 11.8 Å². The van der Waals surface area contributed by atoms with E-state index in [1.54, 1.807) is 20.8 Å². The summed E-state index contributed by atoms with van der Waals surface area (Å²) in [4.78, 5) is 53.4. The largest absolute Gasteiger partial charge is 0.508 e. The lowest BCUT2D eigenvalue weighted by Crippen LogP contribution is -2.70. The monoisotopic (exact) mass is 621 g/mol. The van der Waals surface area contributed by atoms with E-state index in [9.17, 15) is 44.7 Å². The topological polar surface area (TPSA) is 211 Å². The second-order valence-corrected chi connectivity index (χ2v) is 12.7. The van der Waals surface area contributed by atoms with Crippen molar-refractivity contribution in [3.05, 3.63) is 40.2 Å². The molecular formula is C27H32BrN3O9. The molecule has 1 fully saturated rings. The number of anilines is 1. The average molecular weight is 622 g/mol. The molecule has 6 unspecified atom stereocenters. The number of Topliss-reactive ketones (excluding diaryl/α,β-unsaturated/α-hetero) is 2. The molecule has 7 atom stereocenters. The molecule has 0 spiro atoms. The zero-order valence-corrected chi connectivity index (χ0v) is 24.1. The number of fused-ring (bicyclic) bond motifs is 3. The number of alkyl halides is 1. The quantitative estimate of drug-likeness (QED) is 0.141. The van der Waals surface area contributed by atoms with E-state index in [0.717, 1.165) is 0 Å². The third-order valence-electron chi connectivity index (χ3n) is 8.52. The number of halogens is 1. The lowest BCUT2D eigenvalue weighted by atomic mass is 9.54. The molecule has 216 valence electrons. The van der Waals surface area contributed by atoms with Crippen molar-refractivity contribution in [2.75, 3.05) is 19.4 Å². The normalized spacial score (nSPS) is 31.4. The maximum Gasteiger partial charge on any atom is 0.255 e. The Balaban J connectivity index is 1.96. The number of amides is 2. The summed E-state index contributed by atoms with van der Waals surface area (Å²) in [5.74, 6) is -10.3. The van der Waals surface area contributed by atoms with Crippen LogP contribution in [0.4, 0.5) is 5.69 Å². The number of likely N-dealkylation sites (N-methyl/N-ethyl adjacent to an activating group) is 1. The maximum atomic E-state index is 14.0. The van der Waals surface area contributed by atoms with Crippen molar-refractivity contribution >= 4 is 50.8 Å². The van der Waals surface area contributed by atoms with Crippen LogP contribution in [0.3, 0.4) is 0 Å². The number of primary amides is 1. The van der Waals surface area contributed by atoms with Gasteiger partial charge in [-0.05, 0) is 45.0 Å². The first-order valence-corrected chi connectivity index (χ1v) is 13.4. The lowest BCUT2D eigenvalue weighted by Gasteiger charge is -2.53. The van der Waals surface area contributed by atoms with Gasteiger partial charge in [0.1, 0.15) is 27.2 Å². The number of hydrogen-bond acceptors (Lipinski definition) is 10. The van der Waals surface area contributed by atoms with Gasteiger partial charge in [-0.1, -0.05) is 35.8 Å². The van der Waals surface area contributed by atoms with Gasteiger partial charge >= 0.3 is 0 Å². The lowest BCUT2D eigenvalue weighted by molar-refractivity contribution is -0.169. The minimum atomic E-state index is -3.00. The molecule has 8 N–H and O–H groups in total. The molecule has 13 heteroatoms. The van der Waals surface area contributed by atoms with Gasteiger partial charge in [0, 0.05) is 11.5 Å². The van der Waals surface area contributed by atoms with Gasteiger partial charge in [0.05, 0.1) is 29.3 Å². The van der Waals surface area contributed by atoms with Crippen LogP contribution in [0.25, 0.3) is 5.76 Å². The molecule has 1 aromatic rings. The molecule has 0 aliphatic heterocycles. The smallest absolute Gasteiger partial charge is 0.255 e. The number of nitrogens with zero attached hydrogens (tertiary/aromatic N) is 1. The molecule has 0 saturated heterocycles. The van der Waals surface area contributed by atoms with Crippen LogP contribution in [0.2, 0.25) is 0 Å². The molecule has 3 aliphatic rings. The van der Waals surface area contributed by atoms with Crippen molar-refractivity contribution in [3.8, 4) is 5.75 Å². The number of phenolic OH excluding ortho intramolecular Hbond substituents is 1. The van der Waals surface area contributed by atoms with E-state index in [4.69, 9.17) is 5.73 Å². The molecule has 2 amide bonds. The summed E-state index contributed by atoms with van der Waals surface area (Å²) < 4.78 is -0.959. The van der Waals surface area contributed by atoms with Gasteiger partial charge in [-0.25, -0.2) is 0 Å². The molecule has 4 rings (SSSR count). The number of nitrogens with two attached hydrogens (primary N) is 1. The number of carbonyl (C=O) groups is 4. The number of benzene rings is 1. The van der Waals surface area contributed by atoms with E-state index in [1.807, 2.05) is 0 Å². The number of ketones is 2. The summed E-state index contributed by atoms with van der Waals surface area (Å²) in [5, 5.41) is 59.4. The first-order chi connectivity index (χ1) is 18.4. The molecular weight excluding hydrogens is 590 g/mol. The van der Waals surface area contributed by atoms with Crippen molar-refractivity contribution in [3.63, 3.8) is 0 Å². The van der Waals surface area contributed by atoms with Gasteiger partial charge in [0.2, 0.25) is 11.7 Å². The summed E-state index contributed by atoms with van der Waals surface area (Å²) >= 11 is 3.32. The zero-order chi connectivity index (χ0) is 30.2. The average Bonchev–Trinajstić information content (AvgIpc) is 2.87. The fraction of sp³-hybridized carbons (Fsp3) is 0.481. The van der Waals surface area contributed by atoms with Crippen LogP contribution in [0.5, 0.6) is 5.75 Å². The Hall–Kier alpha value is -3.26. The number of aromatic hydroxyl groups is 1. The number of rotatable bonds is 5. The van der Waals surface area contributed by atoms with Crippen LogP contribution < -0.4 is 11.1 Å². The highest BCUT2D eigenvalue weighted by Gasteiger charge is 2.68. The molecule has 0 radical (unpaired) electrons. The van der Waals surface area contributed by atoms with E-state index < -0.39 is 91.6 Å². The van der Waals surface area contributed by atoms with Crippen LogP contribution in [-0.2, 0) is 19.2 Å². The summed E-state index contributed by atoms with van der Waals surface area (Å²) in [7, 11) is 2.88. The Labute approximate surface area is 238 Å². The Morgan fingerprint density at radius 1 is 1.20 bits per heavy atom. The molecule has 40 heavy (non-hydrogen) atoms.